The fraction of sp³-hybridized carbons (Fsp3) is 0.500. The van der Waals surface area contributed by atoms with Crippen LogP contribution in [0.1, 0.15) is 18.6 Å². The molecule has 21 heavy (non-hydrogen) atoms. The van der Waals surface area contributed by atoms with Crippen LogP contribution in [0.15, 0.2) is 27.9 Å². The highest BCUT2D eigenvalue weighted by Crippen LogP contribution is 2.11. The highest BCUT2D eigenvalue weighted by molar-refractivity contribution is 6.39. The predicted molar refractivity (Wildman–Crippen MR) is 75.4 cm³/mol. The van der Waals surface area contributed by atoms with Gasteiger partial charge in [0.15, 0.2) is 0 Å². The Balaban J connectivity index is 1.51. The van der Waals surface area contributed by atoms with Crippen LogP contribution in [0.25, 0.3) is 0 Å². The minimum Gasteiger partial charge on any atom is -0.468 e. The van der Waals surface area contributed by atoms with E-state index in [0.717, 1.165) is 25.4 Å². The minimum absolute atomic E-state index is 0.0624. The van der Waals surface area contributed by atoms with Crippen molar-refractivity contribution in [1.29, 1.82) is 0 Å². The number of hydrazone groups is 1. The average molecular weight is 290 g/mol. The van der Waals surface area contributed by atoms with E-state index >= 15 is 0 Å². The van der Waals surface area contributed by atoms with Crippen molar-refractivity contribution in [2.75, 3.05) is 26.2 Å². The van der Waals surface area contributed by atoms with Crippen LogP contribution in [-0.2, 0) is 16.1 Å². The Kier molecular flexibility index (Phi) is 4.01. The van der Waals surface area contributed by atoms with E-state index in [1.807, 2.05) is 12.1 Å². The third-order valence-electron chi connectivity index (χ3n) is 3.77. The summed E-state index contributed by atoms with van der Waals surface area (Å²) in [6, 6.07) is 3.83. The van der Waals surface area contributed by atoms with Gasteiger partial charge < -0.3 is 9.32 Å². The molecule has 7 nitrogen and oxygen atoms in total. The van der Waals surface area contributed by atoms with Crippen molar-refractivity contribution in [2.45, 2.75) is 19.4 Å². The molecule has 0 aromatic carbocycles. The monoisotopic (exact) mass is 290 g/mol. The highest BCUT2D eigenvalue weighted by Gasteiger charge is 2.26. The first-order valence-electron chi connectivity index (χ1n) is 7.12. The molecule has 0 bridgehead atoms. The number of carbonyl (C=O) groups excluding carboxylic acids is 2. The van der Waals surface area contributed by atoms with E-state index in [4.69, 9.17) is 4.42 Å². The summed E-state index contributed by atoms with van der Waals surface area (Å²) in [5.41, 5.74) is 2.82. The Labute approximate surface area is 122 Å². The summed E-state index contributed by atoms with van der Waals surface area (Å²) in [5, 5.41) is 3.86. The van der Waals surface area contributed by atoms with Gasteiger partial charge in [-0.15, -0.1) is 0 Å². The lowest BCUT2D eigenvalue weighted by Gasteiger charge is -2.34. The molecular weight excluding hydrogens is 272 g/mol. The number of amides is 2. The summed E-state index contributed by atoms with van der Waals surface area (Å²) in [5.74, 6) is 0.747. The molecule has 2 aliphatic rings. The van der Waals surface area contributed by atoms with Crippen LogP contribution in [0.2, 0.25) is 0 Å². The fourth-order valence-electron chi connectivity index (χ4n) is 2.54. The fourth-order valence-corrected chi connectivity index (χ4v) is 2.54. The molecule has 0 spiro atoms. The van der Waals surface area contributed by atoms with E-state index in [2.05, 4.69) is 15.4 Å². The van der Waals surface area contributed by atoms with E-state index in [0.29, 0.717) is 31.6 Å². The number of hydrogen-bond donors (Lipinski definition) is 1. The molecule has 0 atom stereocenters. The number of piperazine rings is 1. The van der Waals surface area contributed by atoms with E-state index < -0.39 is 0 Å². The Bertz CT molecular complexity index is 545. The smallest absolute Gasteiger partial charge is 0.270 e. The van der Waals surface area contributed by atoms with Crippen LogP contribution in [0.5, 0.6) is 0 Å². The van der Waals surface area contributed by atoms with Crippen molar-refractivity contribution in [3.05, 3.63) is 24.2 Å². The van der Waals surface area contributed by atoms with Gasteiger partial charge >= 0.3 is 0 Å². The van der Waals surface area contributed by atoms with Gasteiger partial charge in [0.2, 0.25) is 5.91 Å². The SMILES string of the molecule is O=C1CCC(C(=O)N2CCN(Cc3ccco3)CC2)=NN1. The van der Waals surface area contributed by atoms with Crippen LogP contribution in [0.4, 0.5) is 0 Å². The molecule has 2 amide bonds. The zero-order valence-electron chi connectivity index (χ0n) is 11.7. The summed E-state index contributed by atoms with van der Waals surface area (Å²) < 4.78 is 5.33. The van der Waals surface area contributed by atoms with Crippen LogP contribution in [-0.4, -0.2) is 53.5 Å². The summed E-state index contributed by atoms with van der Waals surface area (Å²) >= 11 is 0. The first kappa shape index (κ1) is 13.8. The molecule has 0 saturated carbocycles. The van der Waals surface area contributed by atoms with Gasteiger partial charge in [0, 0.05) is 39.0 Å². The predicted octanol–water partition coefficient (Wildman–Crippen LogP) is 0.190. The van der Waals surface area contributed by atoms with Gasteiger partial charge in [-0.1, -0.05) is 0 Å². The second kappa shape index (κ2) is 6.09. The second-order valence-electron chi connectivity index (χ2n) is 5.24. The zero-order chi connectivity index (χ0) is 14.7. The third kappa shape index (κ3) is 3.30. The van der Waals surface area contributed by atoms with Crippen molar-refractivity contribution in [3.8, 4) is 0 Å². The van der Waals surface area contributed by atoms with Gasteiger partial charge in [-0.05, 0) is 12.1 Å². The number of nitrogens with one attached hydrogen (secondary N) is 1. The number of nitrogens with zero attached hydrogens (tertiary/aromatic N) is 3. The first-order valence-corrected chi connectivity index (χ1v) is 7.12. The first-order chi connectivity index (χ1) is 10.2. The maximum Gasteiger partial charge on any atom is 0.270 e. The standard InChI is InChI=1S/C14H18N4O3/c19-13-4-3-12(15-16-13)14(20)18-7-5-17(6-8-18)10-11-2-1-9-21-11/h1-2,9H,3-8,10H2,(H,16,19). The Morgan fingerprint density at radius 2 is 2.10 bits per heavy atom. The topological polar surface area (TPSA) is 78.2 Å². The van der Waals surface area contributed by atoms with Crippen LogP contribution in [0, 0.1) is 0 Å². The molecule has 1 aromatic rings. The van der Waals surface area contributed by atoms with Gasteiger partial charge in [-0.25, -0.2) is 5.43 Å². The lowest BCUT2D eigenvalue weighted by molar-refractivity contribution is -0.126. The van der Waals surface area contributed by atoms with Gasteiger partial charge in [0.1, 0.15) is 11.5 Å². The van der Waals surface area contributed by atoms with Crippen molar-refractivity contribution in [2.24, 2.45) is 5.10 Å². The van der Waals surface area contributed by atoms with Crippen LogP contribution < -0.4 is 5.43 Å². The van der Waals surface area contributed by atoms with E-state index in [-0.39, 0.29) is 11.8 Å². The Hall–Kier alpha value is -2.15. The summed E-state index contributed by atoms with van der Waals surface area (Å²) in [4.78, 5) is 27.4. The molecule has 0 aliphatic carbocycles. The largest absolute Gasteiger partial charge is 0.468 e. The second-order valence-corrected chi connectivity index (χ2v) is 5.24. The third-order valence-corrected chi connectivity index (χ3v) is 3.77. The lowest BCUT2D eigenvalue weighted by Crippen LogP contribution is -2.51. The molecule has 1 fully saturated rings. The molecule has 0 radical (unpaired) electrons. The van der Waals surface area contributed by atoms with Crippen molar-refractivity contribution in [1.82, 2.24) is 15.2 Å². The minimum atomic E-state index is -0.130. The van der Waals surface area contributed by atoms with E-state index in [1.165, 1.54) is 0 Å². The Morgan fingerprint density at radius 3 is 2.71 bits per heavy atom. The zero-order valence-corrected chi connectivity index (χ0v) is 11.7. The molecule has 112 valence electrons. The number of furan rings is 1. The number of rotatable bonds is 3. The van der Waals surface area contributed by atoms with Crippen LogP contribution >= 0.6 is 0 Å². The quantitative estimate of drug-likeness (QED) is 0.862. The van der Waals surface area contributed by atoms with E-state index in [9.17, 15) is 9.59 Å². The summed E-state index contributed by atoms with van der Waals surface area (Å²) in [7, 11) is 0. The summed E-state index contributed by atoms with van der Waals surface area (Å²) in [6.07, 6.45) is 2.44. The normalized spacial score (nSPS) is 20.1. The van der Waals surface area contributed by atoms with Crippen LogP contribution in [0.3, 0.4) is 0 Å². The number of hydrogen-bond acceptors (Lipinski definition) is 5. The molecule has 1 N–H and O–H groups in total. The summed E-state index contributed by atoms with van der Waals surface area (Å²) in [6.45, 7) is 3.74. The number of carbonyl (C=O) groups is 2. The average Bonchev–Trinajstić information content (AvgIpc) is 3.01. The Morgan fingerprint density at radius 1 is 1.29 bits per heavy atom. The van der Waals surface area contributed by atoms with Gasteiger partial charge in [-0.2, -0.15) is 5.10 Å². The lowest BCUT2D eigenvalue weighted by atomic mass is 10.1. The van der Waals surface area contributed by atoms with Gasteiger partial charge in [0.25, 0.3) is 5.91 Å². The molecule has 0 unspecified atom stereocenters. The van der Waals surface area contributed by atoms with Gasteiger partial charge in [-0.3, -0.25) is 14.5 Å². The van der Waals surface area contributed by atoms with Gasteiger partial charge in [0.05, 0.1) is 12.8 Å². The molecule has 1 aromatic heterocycles. The van der Waals surface area contributed by atoms with Crippen molar-refractivity contribution >= 4 is 17.5 Å². The molecule has 2 aliphatic heterocycles. The molecular formula is C14H18N4O3. The maximum atomic E-state index is 12.3. The van der Waals surface area contributed by atoms with E-state index in [1.54, 1.807) is 11.2 Å². The molecule has 7 heteroatoms. The highest BCUT2D eigenvalue weighted by atomic mass is 16.3. The van der Waals surface area contributed by atoms with Crippen molar-refractivity contribution < 1.29 is 14.0 Å². The molecule has 1 saturated heterocycles. The maximum absolute atomic E-state index is 12.3. The molecule has 3 heterocycles. The van der Waals surface area contributed by atoms with Crippen molar-refractivity contribution in [3.63, 3.8) is 0 Å². The molecule has 3 rings (SSSR count).